The van der Waals surface area contributed by atoms with Crippen molar-refractivity contribution >= 4 is 28.4 Å². The van der Waals surface area contributed by atoms with Crippen LogP contribution in [-0.4, -0.2) is 78.1 Å². The minimum Gasteiger partial charge on any atom is -0.372 e. The molecule has 1 unspecified atom stereocenters. The number of nitrogens with zero attached hydrogens (tertiary/aromatic N) is 5. The number of amides is 2. The van der Waals surface area contributed by atoms with E-state index < -0.39 is 0 Å². The van der Waals surface area contributed by atoms with E-state index in [0.717, 1.165) is 45.2 Å². The van der Waals surface area contributed by atoms with Crippen LogP contribution in [0.5, 0.6) is 0 Å². The fourth-order valence-corrected chi connectivity index (χ4v) is 4.31. The van der Waals surface area contributed by atoms with Gasteiger partial charge >= 0.3 is 6.03 Å². The van der Waals surface area contributed by atoms with E-state index in [1.165, 1.54) is 6.07 Å². The molecule has 196 valence electrons. The van der Waals surface area contributed by atoms with E-state index in [4.69, 9.17) is 14.8 Å². The minimum atomic E-state index is -0.316. The van der Waals surface area contributed by atoms with Crippen molar-refractivity contribution in [2.24, 2.45) is 0 Å². The predicted octanol–water partition coefficient (Wildman–Crippen LogP) is 4.18. The lowest BCUT2D eigenvalue weighted by molar-refractivity contribution is -0.0393. The molecule has 2 amide bonds. The number of nitrogens with one attached hydrogen (secondary N) is 3. The molecule has 1 aliphatic heterocycles. The molecule has 1 fully saturated rings. The highest BCUT2D eigenvalue weighted by molar-refractivity contribution is 5.93. The number of urea groups is 1. The van der Waals surface area contributed by atoms with Gasteiger partial charge in [0.2, 0.25) is 0 Å². The number of H-pyrrole nitrogens is 1. The maximum absolute atomic E-state index is 15.0. The van der Waals surface area contributed by atoms with Crippen molar-refractivity contribution in [2.75, 3.05) is 57.6 Å². The van der Waals surface area contributed by atoms with Crippen LogP contribution in [0.3, 0.4) is 0 Å². The Morgan fingerprint density at radius 2 is 2.11 bits per heavy atom. The van der Waals surface area contributed by atoms with E-state index in [-0.39, 0.29) is 18.1 Å². The summed E-state index contributed by atoms with van der Waals surface area (Å²) in [7, 11) is 5.93. The van der Waals surface area contributed by atoms with Crippen LogP contribution < -0.4 is 15.5 Å². The Morgan fingerprint density at radius 3 is 2.83 bits per heavy atom. The normalized spacial score (nSPS) is 16.0. The van der Waals surface area contributed by atoms with E-state index >= 15 is 0 Å². The van der Waals surface area contributed by atoms with Crippen LogP contribution in [0.1, 0.15) is 45.3 Å². The minimum absolute atomic E-state index is 0.198. The number of benzene rings is 1. The summed E-state index contributed by atoms with van der Waals surface area (Å²) >= 11 is 0. The molecule has 3 heterocycles. The highest BCUT2D eigenvalue weighted by atomic mass is 19.1. The first-order valence-electron chi connectivity index (χ1n) is 12.7. The highest BCUT2D eigenvalue weighted by Gasteiger charge is 2.23. The second-order valence-electron chi connectivity index (χ2n) is 9.56. The molecule has 0 bridgehead atoms. The third-order valence-electron chi connectivity index (χ3n) is 6.25. The van der Waals surface area contributed by atoms with Gasteiger partial charge < -0.3 is 30.2 Å². The number of imidazole rings is 1. The van der Waals surface area contributed by atoms with E-state index in [9.17, 15) is 9.18 Å². The lowest BCUT2D eigenvalue weighted by atomic mass is 10.2. The standard InChI is InChI=1S/C25H37FN8O2/c1-5-10-27-25(35)30-20-16-34(22-9-6-7-13-36-22)31-23(20)24-28-18-14-17(26)21(15-19(18)29-24)33(4)12-8-11-32(2)3/h14-16,22H,5-13H2,1-4H3,(H,28,29)(H2,27,30,35). The average Bonchev–Trinajstić information content (AvgIpc) is 3.46. The molecule has 1 aromatic carbocycles. The number of anilines is 2. The van der Waals surface area contributed by atoms with Gasteiger partial charge in [0, 0.05) is 32.8 Å². The molecule has 0 saturated carbocycles. The molecular weight excluding hydrogens is 463 g/mol. The van der Waals surface area contributed by atoms with Gasteiger partial charge in [-0.25, -0.2) is 18.9 Å². The Hall–Kier alpha value is -3.18. The number of rotatable bonds is 10. The number of carbonyl (C=O) groups excluding carboxylic acids is 1. The summed E-state index contributed by atoms with van der Waals surface area (Å²) in [5.41, 5.74) is 2.69. The third kappa shape index (κ3) is 6.14. The summed E-state index contributed by atoms with van der Waals surface area (Å²) in [6.07, 6.45) is 6.24. The fourth-order valence-electron chi connectivity index (χ4n) is 4.31. The van der Waals surface area contributed by atoms with Gasteiger partial charge in [0.15, 0.2) is 11.5 Å². The first-order chi connectivity index (χ1) is 17.4. The number of carbonyl (C=O) groups is 1. The summed E-state index contributed by atoms with van der Waals surface area (Å²) in [6, 6.07) is 2.90. The molecule has 0 radical (unpaired) electrons. The van der Waals surface area contributed by atoms with Crippen molar-refractivity contribution in [1.82, 2.24) is 30.0 Å². The molecule has 1 saturated heterocycles. The third-order valence-corrected chi connectivity index (χ3v) is 6.25. The summed E-state index contributed by atoms with van der Waals surface area (Å²) in [5.74, 6) is 0.139. The van der Waals surface area contributed by atoms with Gasteiger partial charge in [-0.1, -0.05) is 6.92 Å². The van der Waals surface area contributed by atoms with Crippen LogP contribution in [-0.2, 0) is 4.74 Å². The number of fused-ring (bicyclic) bond motifs is 1. The van der Waals surface area contributed by atoms with Crippen molar-refractivity contribution in [2.45, 2.75) is 45.3 Å². The number of aromatic nitrogens is 4. The van der Waals surface area contributed by atoms with Gasteiger partial charge in [-0.15, -0.1) is 0 Å². The SMILES string of the molecule is CCCNC(=O)Nc1cn(C2CCCCO2)nc1-c1nc2cc(N(C)CCCN(C)C)c(F)cc2[nH]1. The summed E-state index contributed by atoms with van der Waals surface area (Å²) in [5, 5.41) is 10.4. The van der Waals surface area contributed by atoms with Crippen molar-refractivity contribution in [1.29, 1.82) is 0 Å². The second kappa shape index (κ2) is 11.7. The predicted molar refractivity (Wildman–Crippen MR) is 140 cm³/mol. The number of halogens is 1. The molecule has 11 heteroatoms. The van der Waals surface area contributed by atoms with E-state index in [1.807, 2.05) is 33.0 Å². The molecular formula is C25H37FN8O2. The molecule has 36 heavy (non-hydrogen) atoms. The van der Waals surface area contributed by atoms with Crippen molar-refractivity contribution in [3.05, 3.63) is 24.1 Å². The Kier molecular flexibility index (Phi) is 8.42. The molecule has 3 aromatic rings. The van der Waals surface area contributed by atoms with Crippen LogP contribution in [0.2, 0.25) is 0 Å². The highest BCUT2D eigenvalue weighted by Crippen LogP contribution is 2.32. The topological polar surface area (TPSA) is 103 Å². The molecule has 0 spiro atoms. The van der Waals surface area contributed by atoms with Crippen LogP contribution >= 0.6 is 0 Å². The second-order valence-corrected chi connectivity index (χ2v) is 9.56. The van der Waals surface area contributed by atoms with Crippen LogP contribution in [0.25, 0.3) is 22.6 Å². The Bertz CT molecular complexity index is 1170. The molecule has 1 aliphatic rings. The van der Waals surface area contributed by atoms with Crippen molar-refractivity contribution in [3.63, 3.8) is 0 Å². The summed E-state index contributed by atoms with van der Waals surface area (Å²) in [6.45, 7) is 4.89. The van der Waals surface area contributed by atoms with Crippen molar-refractivity contribution in [3.8, 4) is 11.5 Å². The number of hydrogen-bond donors (Lipinski definition) is 3. The molecule has 4 rings (SSSR count). The number of ether oxygens (including phenoxy) is 1. The zero-order chi connectivity index (χ0) is 25.7. The van der Waals surface area contributed by atoms with Gasteiger partial charge in [0.1, 0.15) is 12.0 Å². The van der Waals surface area contributed by atoms with Crippen LogP contribution in [0.4, 0.5) is 20.6 Å². The van der Waals surface area contributed by atoms with Crippen LogP contribution in [0.15, 0.2) is 18.3 Å². The van der Waals surface area contributed by atoms with E-state index in [1.54, 1.807) is 16.9 Å². The van der Waals surface area contributed by atoms with Gasteiger partial charge in [-0.3, -0.25) is 0 Å². The molecule has 2 aromatic heterocycles. The van der Waals surface area contributed by atoms with Gasteiger partial charge in [-0.05, 0) is 58.8 Å². The average molecular weight is 501 g/mol. The smallest absolute Gasteiger partial charge is 0.319 e. The maximum atomic E-state index is 15.0. The van der Waals surface area contributed by atoms with E-state index in [2.05, 4.69) is 20.5 Å². The van der Waals surface area contributed by atoms with E-state index in [0.29, 0.717) is 47.1 Å². The largest absolute Gasteiger partial charge is 0.372 e. The van der Waals surface area contributed by atoms with Crippen LogP contribution in [0, 0.1) is 5.82 Å². The molecule has 0 aliphatic carbocycles. The first-order valence-corrected chi connectivity index (χ1v) is 12.7. The quantitative estimate of drug-likeness (QED) is 0.386. The van der Waals surface area contributed by atoms with Gasteiger partial charge in [0.25, 0.3) is 0 Å². The Morgan fingerprint density at radius 1 is 1.28 bits per heavy atom. The Labute approximate surface area is 211 Å². The number of hydrogen-bond acceptors (Lipinski definition) is 6. The molecule has 1 atom stereocenters. The molecule has 10 nitrogen and oxygen atoms in total. The lowest BCUT2D eigenvalue weighted by Crippen LogP contribution is -2.29. The summed E-state index contributed by atoms with van der Waals surface area (Å²) < 4.78 is 22.6. The monoisotopic (exact) mass is 500 g/mol. The fraction of sp³-hybridized carbons (Fsp3) is 0.560. The first kappa shape index (κ1) is 25.9. The zero-order valence-corrected chi connectivity index (χ0v) is 21.6. The van der Waals surface area contributed by atoms with Gasteiger partial charge in [0.05, 0.1) is 28.6 Å². The van der Waals surface area contributed by atoms with Crippen molar-refractivity contribution < 1.29 is 13.9 Å². The molecule has 3 N–H and O–H groups in total. The van der Waals surface area contributed by atoms with Gasteiger partial charge in [-0.2, -0.15) is 5.10 Å². The maximum Gasteiger partial charge on any atom is 0.319 e. The number of aromatic amines is 1. The lowest BCUT2D eigenvalue weighted by Gasteiger charge is -2.22. The zero-order valence-electron chi connectivity index (χ0n) is 21.6. The summed E-state index contributed by atoms with van der Waals surface area (Å²) in [4.78, 5) is 24.3. The Balaban J connectivity index is 1.64.